The Hall–Kier alpha value is -3.20. The zero-order valence-corrected chi connectivity index (χ0v) is 16.6. The number of rotatable bonds is 5. The van der Waals surface area contributed by atoms with Crippen molar-refractivity contribution in [2.75, 3.05) is 6.54 Å². The van der Waals surface area contributed by atoms with Gasteiger partial charge in [-0.15, -0.1) is 0 Å². The van der Waals surface area contributed by atoms with Crippen molar-refractivity contribution in [2.24, 2.45) is 0 Å². The molecule has 0 atom stereocenters. The van der Waals surface area contributed by atoms with Crippen molar-refractivity contribution in [2.45, 2.75) is 43.8 Å². The number of urea groups is 1. The lowest BCUT2D eigenvalue weighted by Crippen LogP contribution is -2.51. The molecule has 1 aliphatic heterocycles. The highest BCUT2D eigenvalue weighted by molar-refractivity contribution is 6.11. The molecule has 0 radical (unpaired) electrons. The van der Waals surface area contributed by atoms with E-state index in [1.807, 2.05) is 0 Å². The molecule has 2 N–H and O–H groups in total. The van der Waals surface area contributed by atoms with E-state index in [2.05, 4.69) is 10.3 Å². The number of Topliss-reactive ketones (excluding diaryl/α,β-unsaturated/α-hetero) is 1. The van der Waals surface area contributed by atoms with E-state index in [-0.39, 0.29) is 19.4 Å². The maximum Gasteiger partial charge on any atom is 0.325 e. The summed E-state index contributed by atoms with van der Waals surface area (Å²) in [6.45, 7) is -0.616. The van der Waals surface area contributed by atoms with Crippen LogP contribution in [-0.4, -0.2) is 50.7 Å². The summed E-state index contributed by atoms with van der Waals surface area (Å²) in [6.07, 6.45) is 1.93. The summed E-state index contributed by atoms with van der Waals surface area (Å²) in [5, 5.41) is 12.0. The fourth-order valence-electron chi connectivity index (χ4n) is 4.09. The summed E-state index contributed by atoms with van der Waals surface area (Å²) in [5.41, 5.74) is 1.13. The molecule has 0 unspecified atom stereocenters. The summed E-state index contributed by atoms with van der Waals surface area (Å²) < 4.78 is 27.0. The molecule has 162 valence electrons. The first-order chi connectivity index (χ1) is 14.7. The number of aliphatic hydroxyl groups excluding tert-OH is 1. The van der Waals surface area contributed by atoms with Crippen molar-refractivity contribution in [1.29, 1.82) is 0 Å². The average Bonchev–Trinajstić information content (AvgIpc) is 3.00. The number of carbonyl (C=O) groups excluding carboxylic acids is 3. The second-order valence-electron chi connectivity index (χ2n) is 7.95. The standard InChI is InChI=1S/C22H21F2N3O4/c23-22(24)8-6-21(7-9-22)19(30)27(20(31)26-21)12-18(29)15-3-1-14(2-4-15)17-11-25-10-5-16(17)13-28/h1-5,10-11,28H,6-9,12-13H2,(H,26,31). The summed E-state index contributed by atoms with van der Waals surface area (Å²) in [4.78, 5) is 42.7. The minimum Gasteiger partial charge on any atom is -0.392 e. The summed E-state index contributed by atoms with van der Waals surface area (Å²) in [5.74, 6) is -3.91. The van der Waals surface area contributed by atoms with Crippen LogP contribution in [0.5, 0.6) is 0 Å². The first-order valence-electron chi connectivity index (χ1n) is 9.94. The molecule has 2 heterocycles. The molecule has 1 spiro atoms. The van der Waals surface area contributed by atoms with Gasteiger partial charge in [0.2, 0.25) is 5.92 Å². The largest absolute Gasteiger partial charge is 0.392 e. The molecular weight excluding hydrogens is 408 g/mol. The molecule has 1 aromatic heterocycles. The number of imide groups is 1. The van der Waals surface area contributed by atoms with Gasteiger partial charge in [0.25, 0.3) is 5.91 Å². The van der Waals surface area contributed by atoms with Crippen LogP contribution in [0.15, 0.2) is 42.7 Å². The number of aliphatic hydroxyl groups is 1. The lowest BCUT2D eigenvalue weighted by atomic mass is 9.80. The summed E-state index contributed by atoms with van der Waals surface area (Å²) in [6, 6.07) is 7.49. The van der Waals surface area contributed by atoms with E-state index < -0.39 is 48.6 Å². The van der Waals surface area contributed by atoms with Gasteiger partial charge in [0, 0.05) is 36.4 Å². The quantitative estimate of drug-likeness (QED) is 0.562. The Morgan fingerprint density at radius 1 is 1.10 bits per heavy atom. The SMILES string of the molecule is O=C(CN1C(=O)NC2(CCC(F)(F)CC2)C1=O)c1ccc(-c2cnccc2CO)cc1. The maximum atomic E-state index is 13.5. The van der Waals surface area contributed by atoms with Gasteiger partial charge < -0.3 is 10.4 Å². The maximum absolute atomic E-state index is 13.5. The third kappa shape index (κ3) is 3.93. The van der Waals surface area contributed by atoms with Crippen LogP contribution in [0.4, 0.5) is 13.6 Å². The fraction of sp³-hybridized carbons (Fsp3) is 0.364. The Bertz CT molecular complexity index is 1030. The highest BCUT2D eigenvalue weighted by atomic mass is 19.3. The van der Waals surface area contributed by atoms with Gasteiger partial charge in [0.1, 0.15) is 5.54 Å². The normalized spacial score (nSPS) is 19.5. The van der Waals surface area contributed by atoms with Gasteiger partial charge in [-0.05, 0) is 30.0 Å². The van der Waals surface area contributed by atoms with E-state index in [1.54, 1.807) is 42.7 Å². The highest BCUT2D eigenvalue weighted by Crippen LogP contribution is 2.41. The molecule has 2 fully saturated rings. The number of benzene rings is 1. The minimum atomic E-state index is -2.84. The van der Waals surface area contributed by atoms with E-state index in [9.17, 15) is 28.3 Å². The molecule has 1 aromatic carbocycles. The number of carbonyl (C=O) groups is 3. The van der Waals surface area contributed by atoms with Crippen molar-refractivity contribution in [1.82, 2.24) is 15.2 Å². The van der Waals surface area contributed by atoms with E-state index in [0.717, 1.165) is 16.0 Å². The number of pyridine rings is 1. The van der Waals surface area contributed by atoms with Gasteiger partial charge in [-0.3, -0.25) is 19.5 Å². The molecule has 1 aliphatic carbocycles. The van der Waals surface area contributed by atoms with Crippen molar-refractivity contribution < 1.29 is 28.3 Å². The second kappa shape index (κ2) is 7.81. The van der Waals surface area contributed by atoms with Gasteiger partial charge in [0.15, 0.2) is 5.78 Å². The van der Waals surface area contributed by atoms with Crippen molar-refractivity contribution in [3.05, 3.63) is 53.9 Å². The van der Waals surface area contributed by atoms with Crippen LogP contribution in [0.25, 0.3) is 11.1 Å². The predicted octanol–water partition coefficient (Wildman–Crippen LogP) is 2.92. The van der Waals surface area contributed by atoms with Gasteiger partial charge in [-0.2, -0.15) is 0 Å². The van der Waals surface area contributed by atoms with Crippen LogP contribution < -0.4 is 5.32 Å². The first kappa shape index (κ1) is 21.0. The first-order valence-corrected chi connectivity index (χ1v) is 9.94. The fourth-order valence-corrected chi connectivity index (χ4v) is 4.09. The van der Waals surface area contributed by atoms with E-state index in [4.69, 9.17) is 0 Å². The number of aromatic nitrogens is 1. The summed E-state index contributed by atoms with van der Waals surface area (Å²) >= 11 is 0. The van der Waals surface area contributed by atoms with Gasteiger partial charge in [-0.25, -0.2) is 13.6 Å². The molecule has 31 heavy (non-hydrogen) atoms. The number of nitrogens with one attached hydrogen (secondary N) is 1. The Balaban J connectivity index is 1.47. The van der Waals surface area contributed by atoms with Gasteiger partial charge >= 0.3 is 6.03 Å². The third-order valence-corrected chi connectivity index (χ3v) is 5.98. The number of ketones is 1. The Morgan fingerprint density at radius 2 is 1.77 bits per heavy atom. The molecule has 9 heteroatoms. The van der Waals surface area contributed by atoms with Crippen LogP contribution in [0.2, 0.25) is 0 Å². The topological polar surface area (TPSA) is 99.6 Å². The van der Waals surface area contributed by atoms with Crippen molar-refractivity contribution in [3.8, 4) is 11.1 Å². The number of halogens is 2. The molecule has 3 amide bonds. The summed E-state index contributed by atoms with van der Waals surface area (Å²) in [7, 11) is 0. The monoisotopic (exact) mass is 429 g/mol. The lowest BCUT2D eigenvalue weighted by Gasteiger charge is -2.34. The average molecular weight is 429 g/mol. The zero-order chi connectivity index (χ0) is 22.2. The molecule has 4 rings (SSSR count). The zero-order valence-electron chi connectivity index (χ0n) is 16.6. The van der Waals surface area contributed by atoms with Crippen molar-refractivity contribution in [3.63, 3.8) is 0 Å². The van der Waals surface area contributed by atoms with Gasteiger partial charge in [0.05, 0.1) is 13.2 Å². The molecule has 7 nitrogen and oxygen atoms in total. The predicted molar refractivity (Wildman–Crippen MR) is 106 cm³/mol. The number of hydrogen-bond acceptors (Lipinski definition) is 5. The highest BCUT2D eigenvalue weighted by Gasteiger charge is 2.55. The number of amides is 3. The van der Waals surface area contributed by atoms with E-state index in [1.165, 1.54) is 0 Å². The Morgan fingerprint density at radius 3 is 2.42 bits per heavy atom. The smallest absolute Gasteiger partial charge is 0.325 e. The number of alkyl halides is 2. The van der Waals surface area contributed by atoms with Crippen LogP contribution in [0.3, 0.4) is 0 Å². The molecule has 0 bridgehead atoms. The van der Waals surface area contributed by atoms with Crippen molar-refractivity contribution >= 4 is 17.7 Å². The van der Waals surface area contributed by atoms with Crippen LogP contribution in [-0.2, 0) is 11.4 Å². The molecule has 2 aromatic rings. The number of nitrogens with zero attached hydrogens (tertiary/aromatic N) is 2. The minimum absolute atomic E-state index is 0.151. The Kier molecular flexibility index (Phi) is 5.30. The van der Waals surface area contributed by atoms with E-state index in [0.29, 0.717) is 11.1 Å². The molecule has 1 saturated carbocycles. The Labute approximate surface area is 177 Å². The lowest BCUT2D eigenvalue weighted by molar-refractivity contribution is -0.135. The van der Waals surface area contributed by atoms with Crippen LogP contribution in [0.1, 0.15) is 41.6 Å². The van der Waals surface area contributed by atoms with Gasteiger partial charge in [-0.1, -0.05) is 24.3 Å². The molecular formula is C22H21F2N3O4. The molecule has 1 saturated heterocycles. The third-order valence-electron chi connectivity index (χ3n) is 5.98. The van der Waals surface area contributed by atoms with Crippen LogP contribution >= 0.6 is 0 Å². The van der Waals surface area contributed by atoms with E-state index >= 15 is 0 Å². The molecule has 2 aliphatic rings. The second-order valence-corrected chi connectivity index (χ2v) is 7.95. The number of hydrogen-bond donors (Lipinski definition) is 2. The van der Waals surface area contributed by atoms with Crippen LogP contribution in [0, 0.1) is 0 Å².